The zero-order chi connectivity index (χ0) is 15.7. The number of amides is 1. The van der Waals surface area contributed by atoms with Crippen LogP contribution in [0.25, 0.3) is 0 Å². The maximum Gasteiger partial charge on any atom is 0.311 e. The molecule has 21 heavy (non-hydrogen) atoms. The van der Waals surface area contributed by atoms with Gasteiger partial charge in [-0.15, -0.1) is 0 Å². The van der Waals surface area contributed by atoms with Crippen molar-refractivity contribution in [1.29, 1.82) is 0 Å². The number of carboxylic acid groups (broad SMARTS) is 1. The van der Waals surface area contributed by atoms with E-state index in [9.17, 15) is 14.7 Å². The van der Waals surface area contributed by atoms with E-state index < -0.39 is 16.9 Å². The van der Waals surface area contributed by atoms with Crippen LogP contribution in [-0.2, 0) is 15.1 Å². The topological polar surface area (TPSA) is 83.6 Å². The molecule has 2 atom stereocenters. The number of carboxylic acids is 1. The molecule has 5 heteroatoms. The van der Waals surface area contributed by atoms with Crippen molar-refractivity contribution in [2.24, 2.45) is 11.1 Å². The van der Waals surface area contributed by atoms with Crippen LogP contribution in [0.15, 0.2) is 30.3 Å². The van der Waals surface area contributed by atoms with Crippen LogP contribution in [0, 0.1) is 5.41 Å². The van der Waals surface area contributed by atoms with Crippen molar-refractivity contribution in [1.82, 2.24) is 4.90 Å². The van der Waals surface area contributed by atoms with Gasteiger partial charge in [-0.3, -0.25) is 9.59 Å². The molecule has 114 valence electrons. The van der Waals surface area contributed by atoms with Gasteiger partial charge >= 0.3 is 5.97 Å². The third kappa shape index (κ3) is 2.93. The van der Waals surface area contributed by atoms with E-state index in [0.29, 0.717) is 19.4 Å². The lowest BCUT2D eigenvalue weighted by Crippen LogP contribution is -2.56. The van der Waals surface area contributed by atoms with Crippen LogP contribution in [0.2, 0.25) is 0 Å². The van der Waals surface area contributed by atoms with Gasteiger partial charge in [0.05, 0.1) is 5.41 Å². The number of likely N-dealkylation sites (tertiary alicyclic amines) is 1. The van der Waals surface area contributed by atoms with Crippen molar-refractivity contribution < 1.29 is 14.7 Å². The van der Waals surface area contributed by atoms with Crippen LogP contribution in [0.1, 0.15) is 32.3 Å². The summed E-state index contributed by atoms with van der Waals surface area (Å²) in [5, 5.41) is 9.35. The Kier molecular flexibility index (Phi) is 4.05. The highest BCUT2D eigenvalue weighted by atomic mass is 16.4. The van der Waals surface area contributed by atoms with E-state index in [-0.39, 0.29) is 12.5 Å². The molecule has 1 amide bonds. The van der Waals surface area contributed by atoms with Gasteiger partial charge in [0.25, 0.3) is 0 Å². The summed E-state index contributed by atoms with van der Waals surface area (Å²) in [7, 11) is 0. The first-order valence-electron chi connectivity index (χ1n) is 7.14. The van der Waals surface area contributed by atoms with E-state index in [0.717, 1.165) is 5.56 Å². The van der Waals surface area contributed by atoms with Crippen molar-refractivity contribution in [3.05, 3.63) is 35.9 Å². The van der Waals surface area contributed by atoms with E-state index in [1.807, 2.05) is 30.3 Å². The van der Waals surface area contributed by atoms with Crippen LogP contribution in [0.4, 0.5) is 0 Å². The lowest BCUT2D eigenvalue weighted by Gasteiger charge is -2.40. The Balaban J connectivity index is 2.22. The molecule has 1 fully saturated rings. The molecule has 2 unspecified atom stereocenters. The van der Waals surface area contributed by atoms with Gasteiger partial charge in [-0.05, 0) is 32.3 Å². The first kappa shape index (κ1) is 15.5. The van der Waals surface area contributed by atoms with Gasteiger partial charge in [0.2, 0.25) is 5.91 Å². The van der Waals surface area contributed by atoms with Crippen molar-refractivity contribution in [3.63, 3.8) is 0 Å². The molecule has 0 spiro atoms. The summed E-state index contributed by atoms with van der Waals surface area (Å²) in [6.45, 7) is 4.13. The lowest BCUT2D eigenvalue weighted by molar-refractivity contribution is -0.154. The largest absolute Gasteiger partial charge is 0.481 e. The average molecular weight is 290 g/mol. The zero-order valence-electron chi connectivity index (χ0n) is 12.5. The van der Waals surface area contributed by atoms with Crippen LogP contribution >= 0.6 is 0 Å². The predicted molar refractivity (Wildman–Crippen MR) is 79.5 cm³/mol. The summed E-state index contributed by atoms with van der Waals surface area (Å²) in [6.07, 6.45) is 1.26. The maximum atomic E-state index is 12.7. The smallest absolute Gasteiger partial charge is 0.311 e. The molecule has 1 aromatic rings. The van der Waals surface area contributed by atoms with Gasteiger partial charge in [-0.25, -0.2) is 0 Å². The van der Waals surface area contributed by atoms with Crippen LogP contribution in [-0.4, -0.2) is 35.0 Å². The number of hydrogen-bond donors (Lipinski definition) is 2. The quantitative estimate of drug-likeness (QED) is 0.885. The monoisotopic (exact) mass is 290 g/mol. The van der Waals surface area contributed by atoms with Crippen LogP contribution < -0.4 is 5.73 Å². The molecule has 1 aliphatic rings. The molecule has 0 radical (unpaired) electrons. The Bertz CT molecular complexity index is 542. The molecule has 3 N–H and O–H groups in total. The number of nitrogens with zero attached hydrogens (tertiary/aromatic N) is 1. The maximum absolute atomic E-state index is 12.7. The normalized spacial score (nSPS) is 25.2. The SMILES string of the molecule is CC1(C(=O)O)CCCN(C(=O)C(C)(N)c2ccccc2)C1. The molecule has 1 aliphatic heterocycles. The van der Waals surface area contributed by atoms with Crippen molar-refractivity contribution in [3.8, 4) is 0 Å². The molecule has 0 saturated carbocycles. The highest BCUT2D eigenvalue weighted by Crippen LogP contribution is 2.32. The number of nitrogens with two attached hydrogens (primary N) is 1. The molecule has 5 nitrogen and oxygen atoms in total. The summed E-state index contributed by atoms with van der Waals surface area (Å²) in [5.74, 6) is -1.08. The zero-order valence-corrected chi connectivity index (χ0v) is 12.5. The summed E-state index contributed by atoms with van der Waals surface area (Å²) < 4.78 is 0. The summed E-state index contributed by atoms with van der Waals surface area (Å²) in [5.41, 5.74) is 4.94. The molecule has 0 aliphatic carbocycles. The minimum absolute atomic E-state index is 0.209. The number of aliphatic carboxylic acids is 1. The summed E-state index contributed by atoms with van der Waals surface area (Å²) >= 11 is 0. The molecule has 0 aromatic heterocycles. The number of hydrogen-bond acceptors (Lipinski definition) is 3. The molecular weight excluding hydrogens is 268 g/mol. The minimum atomic E-state index is -1.14. The highest BCUT2D eigenvalue weighted by Gasteiger charge is 2.43. The highest BCUT2D eigenvalue weighted by molar-refractivity contribution is 5.88. The van der Waals surface area contributed by atoms with Gasteiger partial charge in [0, 0.05) is 13.1 Å². The first-order chi connectivity index (χ1) is 9.77. The predicted octanol–water partition coefficient (Wildman–Crippen LogP) is 1.57. The number of benzene rings is 1. The Hall–Kier alpha value is -1.88. The Morgan fingerprint density at radius 1 is 1.33 bits per heavy atom. The average Bonchev–Trinajstić information content (AvgIpc) is 2.47. The summed E-state index contributed by atoms with van der Waals surface area (Å²) in [4.78, 5) is 25.7. The molecule has 2 rings (SSSR count). The second-order valence-corrected chi connectivity index (χ2v) is 6.26. The number of carbonyl (C=O) groups excluding carboxylic acids is 1. The van der Waals surface area contributed by atoms with Gasteiger partial charge in [-0.1, -0.05) is 30.3 Å². The number of rotatable bonds is 3. The van der Waals surface area contributed by atoms with E-state index >= 15 is 0 Å². The van der Waals surface area contributed by atoms with E-state index in [1.54, 1.807) is 18.7 Å². The van der Waals surface area contributed by atoms with Crippen LogP contribution in [0.5, 0.6) is 0 Å². The fourth-order valence-electron chi connectivity index (χ4n) is 2.82. The third-order valence-corrected chi connectivity index (χ3v) is 4.32. The molecule has 1 aromatic carbocycles. The van der Waals surface area contributed by atoms with Gasteiger partial charge in [-0.2, -0.15) is 0 Å². The Labute approximate surface area is 124 Å². The molecule has 1 saturated heterocycles. The Morgan fingerprint density at radius 3 is 2.52 bits per heavy atom. The van der Waals surface area contributed by atoms with E-state index in [2.05, 4.69) is 0 Å². The van der Waals surface area contributed by atoms with Crippen LogP contribution in [0.3, 0.4) is 0 Å². The van der Waals surface area contributed by atoms with E-state index in [1.165, 1.54) is 0 Å². The fraction of sp³-hybridized carbons (Fsp3) is 0.500. The van der Waals surface area contributed by atoms with Crippen molar-refractivity contribution >= 4 is 11.9 Å². The fourth-order valence-corrected chi connectivity index (χ4v) is 2.82. The number of piperidine rings is 1. The molecular formula is C16H22N2O3. The second-order valence-electron chi connectivity index (χ2n) is 6.26. The standard InChI is InChI=1S/C16H22N2O3/c1-15(14(20)21)9-6-10-18(11-15)13(19)16(2,17)12-7-4-3-5-8-12/h3-5,7-8H,6,9-11,17H2,1-2H3,(H,20,21). The van der Waals surface area contributed by atoms with Gasteiger partial charge in [0.1, 0.15) is 5.54 Å². The minimum Gasteiger partial charge on any atom is -0.481 e. The lowest BCUT2D eigenvalue weighted by atomic mass is 9.81. The molecule has 0 bridgehead atoms. The Morgan fingerprint density at radius 2 is 1.95 bits per heavy atom. The van der Waals surface area contributed by atoms with Crippen molar-refractivity contribution in [2.45, 2.75) is 32.2 Å². The third-order valence-electron chi connectivity index (χ3n) is 4.32. The first-order valence-corrected chi connectivity index (χ1v) is 7.14. The second kappa shape index (κ2) is 5.48. The van der Waals surface area contributed by atoms with Crippen molar-refractivity contribution in [2.75, 3.05) is 13.1 Å². The van der Waals surface area contributed by atoms with E-state index in [4.69, 9.17) is 5.73 Å². The van der Waals surface area contributed by atoms with Gasteiger partial charge in [0.15, 0.2) is 0 Å². The summed E-state index contributed by atoms with van der Waals surface area (Å²) in [6, 6.07) is 9.18. The number of carbonyl (C=O) groups is 2. The molecule has 1 heterocycles. The van der Waals surface area contributed by atoms with Gasteiger partial charge < -0.3 is 15.7 Å².